The summed E-state index contributed by atoms with van der Waals surface area (Å²) in [6.45, 7) is 7.62. The summed E-state index contributed by atoms with van der Waals surface area (Å²) in [6.07, 6.45) is 3.21. The molecular weight excluding hydrogens is 220 g/mol. The van der Waals surface area contributed by atoms with E-state index in [2.05, 4.69) is 25.5 Å². The molecule has 1 radical (unpaired) electrons. The normalized spacial score (nSPS) is 37.8. The Labute approximate surface area is 102 Å². The van der Waals surface area contributed by atoms with Gasteiger partial charge in [-0.15, -0.1) is 0 Å². The number of hydrogen-bond donors (Lipinski definition) is 0. The van der Waals surface area contributed by atoms with Crippen LogP contribution in [-0.4, -0.2) is 25.2 Å². The van der Waals surface area contributed by atoms with Crippen molar-refractivity contribution in [3.8, 4) is 0 Å². The molecule has 4 heteroatoms. The lowest BCUT2D eigenvalue weighted by Crippen LogP contribution is -2.38. The molecule has 0 saturated heterocycles. The van der Waals surface area contributed by atoms with E-state index in [1.54, 1.807) is 0 Å². The number of rotatable bonds is 4. The lowest BCUT2D eigenvalue weighted by atomic mass is 9.70. The SMILES string of the molecule is CC1(C)C2CCC1(C)C(OC(=O)CO[C]=O)C2. The number of ether oxygens (including phenoxy) is 2. The number of hydrogen-bond acceptors (Lipinski definition) is 4. The maximum atomic E-state index is 11.5. The van der Waals surface area contributed by atoms with Gasteiger partial charge >= 0.3 is 12.4 Å². The van der Waals surface area contributed by atoms with Gasteiger partial charge in [0.05, 0.1) is 0 Å². The van der Waals surface area contributed by atoms with E-state index in [1.165, 1.54) is 12.9 Å². The van der Waals surface area contributed by atoms with Crippen molar-refractivity contribution < 1.29 is 19.1 Å². The summed E-state index contributed by atoms with van der Waals surface area (Å²) in [7, 11) is 0. The Bertz CT molecular complexity index is 336. The monoisotopic (exact) mass is 239 g/mol. The summed E-state index contributed by atoms with van der Waals surface area (Å²) in [5.74, 6) is 0.159. The van der Waals surface area contributed by atoms with Crippen molar-refractivity contribution in [2.45, 2.75) is 46.1 Å². The fourth-order valence-electron chi connectivity index (χ4n) is 3.59. The highest BCUT2D eigenvalue weighted by atomic mass is 16.6. The third-order valence-corrected chi connectivity index (χ3v) is 5.24. The molecule has 0 amide bonds. The van der Waals surface area contributed by atoms with Crippen LogP contribution in [0.25, 0.3) is 0 Å². The average Bonchev–Trinajstić information content (AvgIpc) is 2.59. The Morgan fingerprint density at radius 1 is 1.41 bits per heavy atom. The fourth-order valence-corrected chi connectivity index (χ4v) is 3.59. The second-order valence-corrected chi connectivity index (χ2v) is 5.96. The molecule has 4 nitrogen and oxygen atoms in total. The molecule has 3 unspecified atom stereocenters. The van der Waals surface area contributed by atoms with Crippen molar-refractivity contribution in [3.63, 3.8) is 0 Å². The van der Waals surface area contributed by atoms with E-state index < -0.39 is 5.97 Å². The highest BCUT2D eigenvalue weighted by molar-refractivity contribution is 5.72. The summed E-state index contributed by atoms with van der Waals surface area (Å²) >= 11 is 0. The standard InChI is InChI=1S/C13H19O4/c1-12(2)9-4-5-13(12,3)10(6-9)17-11(15)7-16-8-14/h9-10H,4-7H2,1-3H3. The highest BCUT2D eigenvalue weighted by Gasteiger charge is 2.62. The maximum absolute atomic E-state index is 11.5. The molecule has 2 saturated carbocycles. The number of carbonyl (C=O) groups is 1. The van der Waals surface area contributed by atoms with Crippen molar-refractivity contribution in [3.05, 3.63) is 0 Å². The van der Waals surface area contributed by atoms with Gasteiger partial charge in [0.25, 0.3) is 0 Å². The first kappa shape index (κ1) is 12.4. The minimum Gasteiger partial charge on any atom is -0.459 e. The minimum atomic E-state index is -0.470. The van der Waals surface area contributed by atoms with Crippen molar-refractivity contribution in [1.29, 1.82) is 0 Å². The first-order chi connectivity index (χ1) is 7.91. The van der Waals surface area contributed by atoms with Crippen molar-refractivity contribution in [1.82, 2.24) is 0 Å². The van der Waals surface area contributed by atoms with Gasteiger partial charge in [0, 0.05) is 5.41 Å². The molecular formula is C13H19O4. The van der Waals surface area contributed by atoms with Crippen LogP contribution >= 0.6 is 0 Å². The van der Waals surface area contributed by atoms with Crippen LogP contribution in [0.2, 0.25) is 0 Å². The third-order valence-electron chi connectivity index (χ3n) is 5.24. The zero-order valence-corrected chi connectivity index (χ0v) is 10.6. The van der Waals surface area contributed by atoms with Gasteiger partial charge in [0.2, 0.25) is 0 Å². The zero-order chi connectivity index (χ0) is 12.7. The molecule has 0 aliphatic heterocycles. The predicted molar refractivity (Wildman–Crippen MR) is 60.8 cm³/mol. The molecule has 2 rings (SSSR count). The topological polar surface area (TPSA) is 52.6 Å². The first-order valence-corrected chi connectivity index (χ1v) is 6.10. The van der Waals surface area contributed by atoms with Crippen LogP contribution in [0.1, 0.15) is 40.0 Å². The molecule has 0 aromatic heterocycles. The van der Waals surface area contributed by atoms with Gasteiger partial charge in [-0.3, -0.25) is 0 Å². The second-order valence-electron chi connectivity index (χ2n) is 5.96. The van der Waals surface area contributed by atoms with E-state index in [4.69, 9.17) is 4.74 Å². The van der Waals surface area contributed by atoms with Gasteiger partial charge in [-0.1, -0.05) is 20.8 Å². The summed E-state index contributed by atoms with van der Waals surface area (Å²) in [6, 6.07) is 0. The molecule has 0 aromatic carbocycles. The molecule has 17 heavy (non-hydrogen) atoms. The minimum absolute atomic E-state index is 0.0426. The Morgan fingerprint density at radius 3 is 2.59 bits per heavy atom. The third kappa shape index (κ3) is 1.74. The Balaban J connectivity index is 2.01. The van der Waals surface area contributed by atoms with Gasteiger partial charge < -0.3 is 9.47 Å². The molecule has 0 spiro atoms. The first-order valence-electron chi connectivity index (χ1n) is 6.10. The molecule has 0 aromatic rings. The van der Waals surface area contributed by atoms with Crippen LogP contribution in [0, 0.1) is 16.7 Å². The Kier molecular flexibility index (Phi) is 2.92. The predicted octanol–water partition coefficient (Wildman–Crippen LogP) is 1.83. The van der Waals surface area contributed by atoms with Crippen molar-refractivity contribution >= 4 is 12.4 Å². The molecule has 2 aliphatic rings. The summed E-state index contributed by atoms with van der Waals surface area (Å²) in [4.78, 5) is 21.3. The van der Waals surface area contributed by atoms with E-state index in [0.717, 1.165) is 12.8 Å². The van der Waals surface area contributed by atoms with Gasteiger partial charge in [0.1, 0.15) is 6.10 Å². The average molecular weight is 239 g/mol. The smallest absolute Gasteiger partial charge is 0.418 e. The molecule has 0 heterocycles. The van der Waals surface area contributed by atoms with E-state index in [-0.39, 0.29) is 23.5 Å². The number of esters is 1. The quantitative estimate of drug-likeness (QED) is 0.702. The zero-order valence-electron chi connectivity index (χ0n) is 10.6. The lowest BCUT2D eigenvalue weighted by molar-refractivity contribution is -0.159. The van der Waals surface area contributed by atoms with Crippen LogP contribution in [0.3, 0.4) is 0 Å². The van der Waals surface area contributed by atoms with E-state index >= 15 is 0 Å². The van der Waals surface area contributed by atoms with Gasteiger partial charge in [-0.2, -0.15) is 0 Å². The molecule has 2 bridgehead atoms. The van der Waals surface area contributed by atoms with Gasteiger partial charge in [-0.05, 0) is 30.6 Å². The van der Waals surface area contributed by atoms with Crippen LogP contribution < -0.4 is 0 Å². The molecule has 95 valence electrons. The largest absolute Gasteiger partial charge is 0.459 e. The van der Waals surface area contributed by atoms with E-state index in [9.17, 15) is 9.59 Å². The van der Waals surface area contributed by atoms with Gasteiger partial charge in [-0.25, -0.2) is 9.59 Å². The fraction of sp³-hybridized carbons (Fsp3) is 0.846. The van der Waals surface area contributed by atoms with Crippen molar-refractivity contribution in [2.24, 2.45) is 16.7 Å². The maximum Gasteiger partial charge on any atom is 0.418 e. The second kappa shape index (κ2) is 4.00. The molecule has 2 aliphatic carbocycles. The molecule has 0 N–H and O–H groups in total. The van der Waals surface area contributed by atoms with Crippen LogP contribution in [0.15, 0.2) is 0 Å². The Morgan fingerprint density at radius 2 is 2.12 bits per heavy atom. The highest BCUT2D eigenvalue weighted by Crippen LogP contribution is 2.66. The van der Waals surface area contributed by atoms with E-state index in [0.29, 0.717) is 5.92 Å². The molecule has 3 atom stereocenters. The van der Waals surface area contributed by atoms with Crippen molar-refractivity contribution in [2.75, 3.05) is 6.61 Å². The number of carbonyl (C=O) groups excluding carboxylic acids is 2. The van der Waals surface area contributed by atoms with Crippen LogP contribution in [0.4, 0.5) is 0 Å². The summed E-state index contributed by atoms with van der Waals surface area (Å²) in [5, 5.41) is 0. The van der Waals surface area contributed by atoms with Crippen LogP contribution in [-0.2, 0) is 19.1 Å². The summed E-state index contributed by atoms with van der Waals surface area (Å²) in [5.41, 5.74) is 0.272. The van der Waals surface area contributed by atoms with E-state index in [1.807, 2.05) is 0 Å². The summed E-state index contributed by atoms with van der Waals surface area (Å²) < 4.78 is 9.73. The Hall–Kier alpha value is -1.06. The lowest BCUT2D eigenvalue weighted by Gasteiger charge is -2.38. The van der Waals surface area contributed by atoms with Crippen LogP contribution in [0.5, 0.6) is 0 Å². The molecule has 2 fully saturated rings. The number of fused-ring (bicyclic) bond motifs is 2. The van der Waals surface area contributed by atoms with Gasteiger partial charge in [0.15, 0.2) is 6.61 Å².